The Kier molecular flexibility index (Phi) is 4.55. The summed E-state index contributed by atoms with van der Waals surface area (Å²) in [6.45, 7) is 5.08. The Labute approximate surface area is 133 Å². The highest BCUT2D eigenvalue weighted by Gasteiger charge is 2.33. The maximum absolute atomic E-state index is 6.01. The lowest BCUT2D eigenvalue weighted by Gasteiger charge is -2.34. The first kappa shape index (κ1) is 14.6. The van der Waals surface area contributed by atoms with Crippen molar-refractivity contribution >= 4 is 28.1 Å². The lowest BCUT2D eigenvalue weighted by molar-refractivity contribution is -0.0542. The number of aryl methyl sites for hydroxylation is 1. The maximum Gasteiger partial charge on any atom is 0.144 e. The molecule has 0 saturated carbocycles. The van der Waals surface area contributed by atoms with Crippen molar-refractivity contribution in [2.24, 2.45) is 0 Å². The number of hydrogen-bond donors (Lipinski definition) is 1. The summed E-state index contributed by atoms with van der Waals surface area (Å²) in [4.78, 5) is 10.5. The Balaban J connectivity index is 1.84. The van der Waals surface area contributed by atoms with E-state index in [1.54, 1.807) is 0 Å². The van der Waals surface area contributed by atoms with Gasteiger partial charge in [0.2, 0.25) is 0 Å². The minimum Gasteiger partial charge on any atom is -0.367 e. The van der Waals surface area contributed by atoms with Crippen molar-refractivity contribution in [2.45, 2.75) is 44.8 Å². The number of halogens is 1. The van der Waals surface area contributed by atoms with E-state index in [-0.39, 0.29) is 6.10 Å². The van der Waals surface area contributed by atoms with Crippen LogP contribution in [-0.4, -0.2) is 40.6 Å². The van der Waals surface area contributed by atoms with Crippen LogP contribution in [-0.2, 0) is 11.2 Å². The van der Waals surface area contributed by atoms with E-state index in [0.29, 0.717) is 10.7 Å². The van der Waals surface area contributed by atoms with E-state index >= 15 is 0 Å². The van der Waals surface area contributed by atoms with Gasteiger partial charge in [0.25, 0.3) is 0 Å². The van der Waals surface area contributed by atoms with Gasteiger partial charge in [-0.3, -0.25) is 4.90 Å². The second-order valence-electron chi connectivity index (χ2n) is 5.58. The first-order chi connectivity index (χ1) is 9.69. The van der Waals surface area contributed by atoms with E-state index in [1.807, 2.05) is 0 Å². The van der Waals surface area contributed by atoms with E-state index in [4.69, 9.17) is 17.0 Å². The zero-order chi connectivity index (χ0) is 14.1. The molecule has 0 spiro atoms. The molecule has 0 radical (unpaired) electrons. The second-order valence-corrected chi connectivity index (χ2v) is 6.76. The van der Waals surface area contributed by atoms with E-state index in [1.165, 1.54) is 19.4 Å². The molecular formula is C14H20BrN3OS. The van der Waals surface area contributed by atoms with Gasteiger partial charge in [-0.1, -0.05) is 25.6 Å². The van der Waals surface area contributed by atoms with Gasteiger partial charge < -0.3 is 9.72 Å². The highest BCUT2D eigenvalue weighted by Crippen LogP contribution is 2.29. The van der Waals surface area contributed by atoms with Crippen LogP contribution >= 0.6 is 28.1 Å². The summed E-state index contributed by atoms with van der Waals surface area (Å²) in [5.74, 6) is 0.881. The third-order valence-electron chi connectivity index (χ3n) is 4.15. The minimum absolute atomic E-state index is 0.0229. The molecule has 1 aromatic heterocycles. The maximum atomic E-state index is 6.01. The van der Waals surface area contributed by atoms with Crippen LogP contribution in [0.15, 0.2) is 4.47 Å². The molecule has 4 nitrogen and oxygen atoms in total. The molecule has 0 amide bonds. The van der Waals surface area contributed by atoms with Crippen LogP contribution in [0.4, 0.5) is 0 Å². The molecule has 0 bridgehead atoms. The molecule has 6 heteroatoms. The first-order valence-electron chi connectivity index (χ1n) is 7.33. The van der Waals surface area contributed by atoms with Crippen molar-refractivity contribution in [3.8, 4) is 0 Å². The molecule has 2 atom stereocenters. The lowest BCUT2D eigenvalue weighted by atomic mass is 10.1. The van der Waals surface area contributed by atoms with Gasteiger partial charge in [-0.15, -0.1) is 0 Å². The SMILES string of the molecule is CCCc1[nH]c(C2CN3CCCC3CO2)nc(=S)c1Br. The van der Waals surface area contributed by atoms with Crippen molar-refractivity contribution in [1.29, 1.82) is 0 Å². The molecule has 20 heavy (non-hydrogen) atoms. The molecule has 2 unspecified atom stereocenters. The summed E-state index contributed by atoms with van der Waals surface area (Å²) in [5.41, 5.74) is 1.13. The summed E-state index contributed by atoms with van der Waals surface area (Å²) >= 11 is 8.89. The topological polar surface area (TPSA) is 41.2 Å². The van der Waals surface area contributed by atoms with E-state index in [2.05, 4.69) is 37.7 Å². The van der Waals surface area contributed by atoms with Crippen molar-refractivity contribution in [2.75, 3.05) is 19.7 Å². The highest BCUT2D eigenvalue weighted by atomic mass is 79.9. The van der Waals surface area contributed by atoms with Crippen LogP contribution < -0.4 is 0 Å². The molecule has 2 fully saturated rings. The fraction of sp³-hybridized carbons (Fsp3) is 0.714. The molecule has 3 rings (SSSR count). The Bertz CT molecular complexity index is 548. The van der Waals surface area contributed by atoms with Gasteiger partial charge in [-0.05, 0) is 41.7 Å². The smallest absolute Gasteiger partial charge is 0.144 e. The van der Waals surface area contributed by atoms with Crippen molar-refractivity contribution in [3.05, 3.63) is 20.6 Å². The fourth-order valence-corrected chi connectivity index (χ4v) is 3.69. The highest BCUT2D eigenvalue weighted by molar-refractivity contribution is 9.10. The van der Waals surface area contributed by atoms with Crippen LogP contribution in [0.3, 0.4) is 0 Å². The number of aromatic amines is 1. The van der Waals surface area contributed by atoms with Gasteiger partial charge in [-0.2, -0.15) is 0 Å². The van der Waals surface area contributed by atoms with Gasteiger partial charge in [0, 0.05) is 18.3 Å². The zero-order valence-corrected chi connectivity index (χ0v) is 14.1. The first-order valence-corrected chi connectivity index (χ1v) is 8.53. The zero-order valence-electron chi connectivity index (χ0n) is 11.7. The number of fused-ring (bicyclic) bond motifs is 1. The summed E-state index contributed by atoms with van der Waals surface area (Å²) in [6, 6.07) is 0.611. The van der Waals surface area contributed by atoms with Gasteiger partial charge in [-0.25, -0.2) is 4.98 Å². The lowest BCUT2D eigenvalue weighted by Crippen LogP contribution is -2.42. The van der Waals surface area contributed by atoms with Crippen molar-refractivity contribution in [3.63, 3.8) is 0 Å². The molecule has 1 aromatic rings. The molecular weight excluding hydrogens is 338 g/mol. The largest absolute Gasteiger partial charge is 0.367 e. The Morgan fingerprint density at radius 1 is 1.55 bits per heavy atom. The summed E-state index contributed by atoms with van der Waals surface area (Å²) in [7, 11) is 0. The predicted octanol–water partition coefficient (Wildman–Crippen LogP) is 3.39. The Morgan fingerprint density at radius 2 is 2.40 bits per heavy atom. The van der Waals surface area contributed by atoms with Crippen LogP contribution in [0.1, 0.15) is 43.8 Å². The number of hydrogen-bond acceptors (Lipinski definition) is 4. The minimum atomic E-state index is 0.0229. The number of ether oxygens (including phenoxy) is 1. The summed E-state index contributed by atoms with van der Waals surface area (Å²) < 4.78 is 7.57. The number of nitrogens with zero attached hydrogens (tertiary/aromatic N) is 2. The second kappa shape index (κ2) is 6.22. The third kappa shape index (κ3) is 2.84. The quantitative estimate of drug-likeness (QED) is 0.841. The number of H-pyrrole nitrogens is 1. The molecule has 3 heterocycles. The average Bonchev–Trinajstić information content (AvgIpc) is 2.91. The van der Waals surface area contributed by atoms with Gasteiger partial charge in [0.15, 0.2) is 0 Å². The van der Waals surface area contributed by atoms with E-state index in [9.17, 15) is 0 Å². The standard InChI is InChI=1S/C14H20BrN3OS/c1-2-4-10-12(15)14(20)17-13(16-10)11-7-18-6-3-5-9(18)8-19-11/h9,11H,2-8H2,1H3,(H,16,17,20). The average molecular weight is 358 g/mol. The molecule has 1 N–H and O–H groups in total. The fourth-order valence-electron chi connectivity index (χ4n) is 3.08. The van der Waals surface area contributed by atoms with Crippen molar-refractivity contribution in [1.82, 2.24) is 14.9 Å². The summed E-state index contributed by atoms with van der Waals surface area (Å²) in [5, 5.41) is 0. The molecule has 0 aliphatic carbocycles. The van der Waals surface area contributed by atoms with Crippen molar-refractivity contribution < 1.29 is 4.74 Å². The monoisotopic (exact) mass is 357 g/mol. The van der Waals surface area contributed by atoms with Crippen LogP contribution in [0, 0.1) is 4.64 Å². The number of rotatable bonds is 3. The van der Waals surface area contributed by atoms with Gasteiger partial charge in [0.1, 0.15) is 16.6 Å². The molecule has 2 aliphatic rings. The Hall–Kier alpha value is -0.300. The van der Waals surface area contributed by atoms with E-state index < -0.39 is 0 Å². The van der Waals surface area contributed by atoms with E-state index in [0.717, 1.165) is 42.0 Å². The molecule has 2 saturated heterocycles. The molecule has 110 valence electrons. The number of morpholine rings is 1. The molecule has 0 aromatic carbocycles. The van der Waals surface area contributed by atoms with Gasteiger partial charge >= 0.3 is 0 Å². The normalized spacial score (nSPS) is 26.7. The Morgan fingerprint density at radius 3 is 3.20 bits per heavy atom. The van der Waals surface area contributed by atoms with Gasteiger partial charge in [0.05, 0.1) is 11.1 Å². The number of nitrogens with one attached hydrogen (secondary N) is 1. The van der Waals surface area contributed by atoms with Crippen LogP contribution in [0.25, 0.3) is 0 Å². The number of aromatic nitrogens is 2. The van der Waals surface area contributed by atoms with Crippen LogP contribution in [0.5, 0.6) is 0 Å². The predicted molar refractivity (Wildman–Crippen MR) is 84.4 cm³/mol. The van der Waals surface area contributed by atoms with Crippen LogP contribution in [0.2, 0.25) is 0 Å². The summed E-state index contributed by atoms with van der Waals surface area (Å²) in [6.07, 6.45) is 4.62. The third-order valence-corrected chi connectivity index (χ3v) is 5.56. The molecule has 2 aliphatic heterocycles.